The molecule has 1 saturated carbocycles. The van der Waals surface area contributed by atoms with Gasteiger partial charge in [-0.3, -0.25) is 9.69 Å². The first-order valence-electron chi connectivity index (χ1n) is 8.20. The molecule has 130 valence electrons. The molecule has 1 aliphatic heterocycles. The summed E-state index contributed by atoms with van der Waals surface area (Å²) in [6, 6.07) is 5.48. The second-order valence-electron chi connectivity index (χ2n) is 7.97. The van der Waals surface area contributed by atoms with Crippen molar-refractivity contribution < 1.29 is 14.7 Å². The van der Waals surface area contributed by atoms with Crippen molar-refractivity contribution in [3.05, 3.63) is 22.7 Å². The molecule has 0 unspecified atom stereocenters. The zero-order valence-corrected chi connectivity index (χ0v) is 16.1. The lowest BCUT2D eigenvalue weighted by Gasteiger charge is -2.55. The Balaban J connectivity index is 2.23. The van der Waals surface area contributed by atoms with Crippen LogP contribution in [0.4, 0.5) is 16.2 Å². The van der Waals surface area contributed by atoms with Crippen molar-refractivity contribution >= 4 is 39.3 Å². The second kappa shape index (κ2) is 5.48. The van der Waals surface area contributed by atoms with E-state index in [0.717, 1.165) is 17.3 Å². The summed E-state index contributed by atoms with van der Waals surface area (Å²) in [6.07, 6.45) is 0.844. The molecule has 1 fully saturated rings. The van der Waals surface area contributed by atoms with Gasteiger partial charge in [0.25, 0.3) is 0 Å². The molecule has 2 amide bonds. The van der Waals surface area contributed by atoms with Crippen LogP contribution in [0.15, 0.2) is 22.7 Å². The van der Waals surface area contributed by atoms with Crippen molar-refractivity contribution in [3.8, 4) is 0 Å². The van der Waals surface area contributed by atoms with Crippen LogP contribution < -0.4 is 9.80 Å². The summed E-state index contributed by atoms with van der Waals surface area (Å²) in [5, 5.41) is 9.73. The van der Waals surface area contributed by atoms with E-state index in [1.807, 2.05) is 24.0 Å². The maximum atomic E-state index is 13.1. The lowest BCUT2D eigenvalue weighted by Crippen LogP contribution is -2.66. The standard InChI is InChI=1S/C18H23BrN2O3/c1-17(2,3)18(4)10-20(16(23)24)14-9-12(19)7-8-13(14)21(18)15(22)11-5-6-11/h7-9,11H,5-6,10H2,1-4H3,(H,23,24)/t18-/m1/s1. The molecule has 0 radical (unpaired) electrons. The van der Waals surface area contributed by atoms with Crippen LogP contribution in [0.5, 0.6) is 0 Å². The highest BCUT2D eigenvalue weighted by molar-refractivity contribution is 9.10. The van der Waals surface area contributed by atoms with Gasteiger partial charge in [0.15, 0.2) is 0 Å². The summed E-state index contributed by atoms with van der Waals surface area (Å²) < 4.78 is 0.797. The molecule has 0 bridgehead atoms. The third kappa shape index (κ3) is 2.61. The zero-order valence-electron chi connectivity index (χ0n) is 14.5. The SMILES string of the molecule is CC(C)(C)[C@@]1(C)CN(C(=O)O)c2cc(Br)ccc2N1C(=O)C1CC1. The molecule has 2 aliphatic rings. The Morgan fingerprint density at radius 1 is 1.25 bits per heavy atom. The molecular weight excluding hydrogens is 372 g/mol. The van der Waals surface area contributed by atoms with Gasteiger partial charge in [0.2, 0.25) is 5.91 Å². The molecule has 1 aliphatic carbocycles. The fraction of sp³-hybridized carbons (Fsp3) is 0.556. The molecule has 0 spiro atoms. The van der Waals surface area contributed by atoms with Crippen LogP contribution in [0.2, 0.25) is 0 Å². The number of carboxylic acid groups (broad SMARTS) is 1. The van der Waals surface area contributed by atoms with Crippen molar-refractivity contribution in [2.75, 3.05) is 16.3 Å². The van der Waals surface area contributed by atoms with Gasteiger partial charge in [-0.15, -0.1) is 0 Å². The Morgan fingerprint density at radius 2 is 1.88 bits per heavy atom. The van der Waals surface area contributed by atoms with Gasteiger partial charge >= 0.3 is 6.09 Å². The summed E-state index contributed by atoms with van der Waals surface area (Å²) in [5.74, 6) is 0.181. The van der Waals surface area contributed by atoms with Crippen molar-refractivity contribution in [1.82, 2.24) is 0 Å². The third-order valence-corrected chi connectivity index (χ3v) is 5.92. The van der Waals surface area contributed by atoms with Gasteiger partial charge in [-0.2, -0.15) is 0 Å². The van der Waals surface area contributed by atoms with E-state index >= 15 is 0 Å². The number of rotatable bonds is 1. The quantitative estimate of drug-likeness (QED) is 0.762. The van der Waals surface area contributed by atoms with E-state index < -0.39 is 11.6 Å². The third-order valence-electron chi connectivity index (χ3n) is 5.42. The summed E-state index contributed by atoms with van der Waals surface area (Å²) in [6.45, 7) is 8.43. The van der Waals surface area contributed by atoms with E-state index in [4.69, 9.17) is 0 Å². The zero-order chi connectivity index (χ0) is 17.9. The minimum absolute atomic E-state index is 0.0690. The predicted octanol–water partition coefficient (Wildman–Crippen LogP) is 4.49. The molecule has 24 heavy (non-hydrogen) atoms. The average molecular weight is 395 g/mol. The first-order valence-corrected chi connectivity index (χ1v) is 8.99. The number of carbonyl (C=O) groups excluding carboxylic acids is 1. The van der Waals surface area contributed by atoms with Crippen molar-refractivity contribution in [3.63, 3.8) is 0 Å². The van der Waals surface area contributed by atoms with Gasteiger partial charge in [-0.1, -0.05) is 36.7 Å². The van der Waals surface area contributed by atoms with Crippen LogP contribution in [0.25, 0.3) is 0 Å². The Morgan fingerprint density at radius 3 is 2.38 bits per heavy atom. The van der Waals surface area contributed by atoms with E-state index in [0.29, 0.717) is 11.4 Å². The number of anilines is 2. The van der Waals surface area contributed by atoms with Gasteiger partial charge in [0.1, 0.15) is 0 Å². The maximum absolute atomic E-state index is 13.1. The first kappa shape index (κ1) is 17.3. The van der Waals surface area contributed by atoms with Crippen LogP contribution in [0.3, 0.4) is 0 Å². The number of hydrogen-bond donors (Lipinski definition) is 1. The summed E-state index contributed by atoms with van der Waals surface area (Å²) in [7, 11) is 0. The van der Waals surface area contributed by atoms with Gasteiger partial charge in [-0.05, 0) is 43.4 Å². The van der Waals surface area contributed by atoms with Crippen molar-refractivity contribution in [1.29, 1.82) is 0 Å². The largest absolute Gasteiger partial charge is 0.465 e. The van der Waals surface area contributed by atoms with E-state index in [1.54, 1.807) is 6.07 Å². The molecule has 0 aromatic heterocycles. The highest BCUT2D eigenvalue weighted by Gasteiger charge is 2.53. The molecule has 1 aromatic rings. The summed E-state index contributed by atoms with van der Waals surface area (Å²) in [5.41, 5.74) is 0.343. The average Bonchev–Trinajstić information content (AvgIpc) is 3.29. The molecule has 1 N–H and O–H groups in total. The number of amides is 2. The Labute approximate surface area is 150 Å². The van der Waals surface area contributed by atoms with E-state index in [9.17, 15) is 14.7 Å². The molecule has 5 nitrogen and oxygen atoms in total. The molecule has 1 atom stereocenters. The van der Waals surface area contributed by atoms with Crippen LogP contribution in [0.1, 0.15) is 40.5 Å². The van der Waals surface area contributed by atoms with Gasteiger partial charge in [0, 0.05) is 10.4 Å². The minimum Gasteiger partial charge on any atom is -0.465 e. The maximum Gasteiger partial charge on any atom is 0.411 e. The van der Waals surface area contributed by atoms with E-state index in [2.05, 4.69) is 36.7 Å². The Hall–Kier alpha value is -1.56. The van der Waals surface area contributed by atoms with Gasteiger partial charge < -0.3 is 10.0 Å². The normalized spacial score (nSPS) is 23.9. The smallest absolute Gasteiger partial charge is 0.411 e. The van der Waals surface area contributed by atoms with Crippen LogP contribution in [-0.4, -0.2) is 29.2 Å². The first-order chi connectivity index (χ1) is 11.1. The second-order valence-corrected chi connectivity index (χ2v) is 8.89. The predicted molar refractivity (Wildman–Crippen MR) is 97.6 cm³/mol. The number of carbonyl (C=O) groups is 2. The number of halogens is 1. The van der Waals surface area contributed by atoms with Crippen molar-refractivity contribution in [2.24, 2.45) is 11.3 Å². The Kier molecular flexibility index (Phi) is 3.94. The van der Waals surface area contributed by atoms with Gasteiger partial charge in [-0.25, -0.2) is 4.79 Å². The fourth-order valence-electron chi connectivity index (χ4n) is 3.25. The number of nitrogens with zero attached hydrogens (tertiary/aromatic N) is 2. The lowest BCUT2D eigenvalue weighted by molar-refractivity contribution is -0.121. The molecule has 6 heteroatoms. The molecular formula is C18H23BrN2O3. The van der Waals surface area contributed by atoms with Crippen molar-refractivity contribution in [2.45, 2.75) is 46.1 Å². The monoisotopic (exact) mass is 394 g/mol. The Bertz CT molecular complexity index is 709. The van der Waals surface area contributed by atoms with Gasteiger partial charge in [0.05, 0.1) is 23.5 Å². The van der Waals surface area contributed by atoms with E-state index in [-0.39, 0.29) is 23.8 Å². The minimum atomic E-state index is -0.997. The van der Waals surface area contributed by atoms with Crippen LogP contribution in [-0.2, 0) is 4.79 Å². The van der Waals surface area contributed by atoms with E-state index in [1.165, 1.54) is 4.90 Å². The highest BCUT2D eigenvalue weighted by atomic mass is 79.9. The molecule has 3 rings (SSSR count). The highest BCUT2D eigenvalue weighted by Crippen LogP contribution is 2.49. The fourth-order valence-corrected chi connectivity index (χ4v) is 3.60. The number of hydrogen-bond acceptors (Lipinski definition) is 2. The molecule has 1 aromatic carbocycles. The summed E-state index contributed by atoms with van der Waals surface area (Å²) >= 11 is 3.41. The summed E-state index contributed by atoms with van der Waals surface area (Å²) in [4.78, 5) is 28.2. The van der Waals surface area contributed by atoms with Crippen LogP contribution >= 0.6 is 15.9 Å². The van der Waals surface area contributed by atoms with Crippen LogP contribution in [0, 0.1) is 11.3 Å². The molecule has 0 saturated heterocycles. The molecule has 1 heterocycles. The number of benzene rings is 1. The number of fused-ring (bicyclic) bond motifs is 1. The lowest BCUT2D eigenvalue weighted by atomic mass is 9.71. The topological polar surface area (TPSA) is 60.9 Å².